The lowest BCUT2D eigenvalue weighted by atomic mass is 10.2. The first-order valence-corrected chi connectivity index (χ1v) is 8.04. The lowest BCUT2D eigenvalue weighted by molar-refractivity contribution is 0.0697. The summed E-state index contributed by atoms with van der Waals surface area (Å²) in [6, 6.07) is 5.09. The fourth-order valence-electron chi connectivity index (χ4n) is 2.79. The number of rotatable bonds is 9. The monoisotopic (exact) mass is 319 g/mol. The number of methoxy groups -OCH3 is 1. The molecule has 1 aromatic heterocycles. The summed E-state index contributed by atoms with van der Waals surface area (Å²) in [4.78, 5) is 18.0. The standard InChI is InChI=1S/C17H25N3O3/c1-4-19(5-2)9-6-10-20-15-8-7-13(17(21)22)11-14(15)18-16(20)12-23-3/h7-8,11H,4-6,9-10,12H2,1-3H3,(H,21,22). The van der Waals surface area contributed by atoms with Crippen LogP contribution in [0.3, 0.4) is 0 Å². The summed E-state index contributed by atoms with van der Waals surface area (Å²) in [6.45, 7) is 8.73. The highest BCUT2D eigenvalue weighted by Gasteiger charge is 2.13. The van der Waals surface area contributed by atoms with Crippen LogP contribution in [0.15, 0.2) is 18.2 Å². The van der Waals surface area contributed by atoms with Crippen LogP contribution < -0.4 is 0 Å². The van der Waals surface area contributed by atoms with Crippen molar-refractivity contribution in [3.8, 4) is 0 Å². The highest BCUT2D eigenvalue weighted by molar-refractivity contribution is 5.92. The van der Waals surface area contributed by atoms with Gasteiger partial charge in [0.1, 0.15) is 12.4 Å². The number of ether oxygens (including phenoxy) is 1. The van der Waals surface area contributed by atoms with Crippen molar-refractivity contribution in [3.63, 3.8) is 0 Å². The molecular weight excluding hydrogens is 294 g/mol. The summed E-state index contributed by atoms with van der Waals surface area (Å²) in [5.41, 5.74) is 1.93. The second kappa shape index (κ2) is 8.08. The Morgan fingerprint density at radius 1 is 1.35 bits per heavy atom. The van der Waals surface area contributed by atoms with Crippen LogP contribution in [0.2, 0.25) is 0 Å². The van der Waals surface area contributed by atoms with E-state index in [0.29, 0.717) is 12.1 Å². The third-order valence-corrected chi connectivity index (χ3v) is 4.10. The SMILES string of the molecule is CCN(CC)CCCn1c(COC)nc2cc(C(=O)O)ccc21. The van der Waals surface area contributed by atoms with Crippen LogP contribution in [0.4, 0.5) is 0 Å². The van der Waals surface area contributed by atoms with Crippen molar-refractivity contribution in [1.29, 1.82) is 0 Å². The zero-order chi connectivity index (χ0) is 16.8. The molecule has 0 unspecified atom stereocenters. The zero-order valence-electron chi connectivity index (χ0n) is 14.1. The molecule has 0 saturated carbocycles. The topological polar surface area (TPSA) is 67.6 Å². The molecule has 2 rings (SSSR count). The minimum absolute atomic E-state index is 0.259. The second-order valence-corrected chi connectivity index (χ2v) is 5.50. The van der Waals surface area contributed by atoms with Gasteiger partial charge in [0, 0.05) is 13.7 Å². The molecule has 1 heterocycles. The molecule has 0 amide bonds. The van der Waals surface area contributed by atoms with Gasteiger partial charge in [-0.15, -0.1) is 0 Å². The molecule has 6 nitrogen and oxygen atoms in total. The van der Waals surface area contributed by atoms with Gasteiger partial charge in [-0.1, -0.05) is 13.8 Å². The summed E-state index contributed by atoms with van der Waals surface area (Å²) in [7, 11) is 1.64. The van der Waals surface area contributed by atoms with E-state index in [9.17, 15) is 4.79 Å². The summed E-state index contributed by atoms with van der Waals surface area (Å²) in [6.07, 6.45) is 1.02. The summed E-state index contributed by atoms with van der Waals surface area (Å²) in [5.74, 6) is -0.0964. The number of aromatic nitrogens is 2. The normalized spacial score (nSPS) is 11.5. The van der Waals surface area contributed by atoms with Crippen LogP contribution in [0.5, 0.6) is 0 Å². The molecule has 0 aliphatic carbocycles. The van der Waals surface area contributed by atoms with Crippen molar-refractivity contribution in [2.24, 2.45) is 0 Å². The molecule has 0 fully saturated rings. The van der Waals surface area contributed by atoms with Gasteiger partial charge >= 0.3 is 5.97 Å². The number of carbonyl (C=O) groups is 1. The number of hydrogen-bond donors (Lipinski definition) is 1. The van der Waals surface area contributed by atoms with Crippen molar-refractivity contribution in [2.75, 3.05) is 26.7 Å². The average molecular weight is 319 g/mol. The minimum atomic E-state index is -0.934. The predicted molar refractivity (Wildman–Crippen MR) is 89.8 cm³/mol. The maximum atomic E-state index is 11.1. The van der Waals surface area contributed by atoms with Gasteiger partial charge < -0.3 is 19.3 Å². The van der Waals surface area contributed by atoms with E-state index in [-0.39, 0.29) is 5.56 Å². The number of fused-ring (bicyclic) bond motifs is 1. The molecule has 0 radical (unpaired) electrons. The Morgan fingerprint density at radius 2 is 2.09 bits per heavy atom. The highest BCUT2D eigenvalue weighted by atomic mass is 16.5. The lowest BCUT2D eigenvalue weighted by Gasteiger charge is -2.18. The van der Waals surface area contributed by atoms with Crippen LogP contribution >= 0.6 is 0 Å². The summed E-state index contributed by atoms with van der Waals surface area (Å²) >= 11 is 0. The maximum Gasteiger partial charge on any atom is 0.335 e. The average Bonchev–Trinajstić information content (AvgIpc) is 2.88. The number of benzene rings is 1. The van der Waals surface area contributed by atoms with Crippen molar-refractivity contribution < 1.29 is 14.6 Å². The summed E-state index contributed by atoms with van der Waals surface area (Å²) in [5, 5.41) is 9.12. The number of imidazole rings is 1. The van der Waals surface area contributed by atoms with Crippen LogP contribution in [-0.4, -0.2) is 52.3 Å². The van der Waals surface area contributed by atoms with Crippen molar-refractivity contribution in [2.45, 2.75) is 33.4 Å². The molecular formula is C17H25N3O3. The van der Waals surface area contributed by atoms with E-state index in [1.54, 1.807) is 19.2 Å². The van der Waals surface area contributed by atoms with E-state index in [0.717, 1.165) is 43.9 Å². The van der Waals surface area contributed by atoms with Crippen molar-refractivity contribution in [1.82, 2.24) is 14.5 Å². The minimum Gasteiger partial charge on any atom is -0.478 e. The van der Waals surface area contributed by atoms with Gasteiger partial charge in [-0.2, -0.15) is 0 Å². The van der Waals surface area contributed by atoms with Crippen molar-refractivity contribution in [3.05, 3.63) is 29.6 Å². The molecule has 0 spiro atoms. The number of nitrogens with zero attached hydrogens (tertiary/aromatic N) is 3. The molecule has 126 valence electrons. The van der Waals surface area contributed by atoms with Gasteiger partial charge in [-0.05, 0) is 44.3 Å². The van der Waals surface area contributed by atoms with E-state index in [1.807, 2.05) is 6.07 Å². The number of aromatic carboxylic acids is 1. The van der Waals surface area contributed by atoms with E-state index in [2.05, 4.69) is 28.3 Å². The van der Waals surface area contributed by atoms with Crippen LogP contribution in [0.1, 0.15) is 36.5 Å². The molecule has 0 aliphatic heterocycles. The van der Waals surface area contributed by atoms with Gasteiger partial charge in [-0.25, -0.2) is 9.78 Å². The number of hydrogen-bond acceptors (Lipinski definition) is 4. The van der Waals surface area contributed by atoms with Gasteiger partial charge in [0.05, 0.1) is 16.6 Å². The van der Waals surface area contributed by atoms with Crippen LogP contribution in [-0.2, 0) is 17.9 Å². The Labute approximate surface area is 136 Å². The summed E-state index contributed by atoms with van der Waals surface area (Å²) < 4.78 is 7.37. The van der Waals surface area contributed by atoms with Crippen LogP contribution in [0.25, 0.3) is 11.0 Å². The van der Waals surface area contributed by atoms with Gasteiger partial charge in [0.25, 0.3) is 0 Å². The van der Waals surface area contributed by atoms with E-state index < -0.39 is 5.97 Å². The Bertz CT molecular complexity index is 662. The number of carboxylic acids is 1. The number of aryl methyl sites for hydroxylation is 1. The molecule has 0 saturated heterocycles. The molecule has 23 heavy (non-hydrogen) atoms. The van der Waals surface area contributed by atoms with Gasteiger partial charge in [-0.3, -0.25) is 0 Å². The molecule has 1 N–H and O–H groups in total. The first-order chi connectivity index (χ1) is 11.1. The fourth-order valence-corrected chi connectivity index (χ4v) is 2.79. The Balaban J connectivity index is 2.25. The third-order valence-electron chi connectivity index (χ3n) is 4.10. The molecule has 6 heteroatoms. The predicted octanol–water partition coefficient (Wildman–Crippen LogP) is 2.61. The van der Waals surface area contributed by atoms with Crippen molar-refractivity contribution >= 4 is 17.0 Å². The molecule has 0 aliphatic rings. The maximum absolute atomic E-state index is 11.1. The quantitative estimate of drug-likeness (QED) is 0.769. The van der Waals surface area contributed by atoms with Crippen LogP contribution in [0, 0.1) is 0 Å². The molecule has 2 aromatic rings. The first-order valence-electron chi connectivity index (χ1n) is 8.04. The lowest BCUT2D eigenvalue weighted by Crippen LogP contribution is -2.25. The fraction of sp³-hybridized carbons (Fsp3) is 0.529. The highest BCUT2D eigenvalue weighted by Crippen LogP contribution is 2.19. The largest absolute Gasteiger partial charge is 0.478 e. The van der Waals surface area contributed by atoms with Gasteiger partial charge in [0.2, 0.25) is 0 Å². The van der Waals surface area contributed by atoms with Gasteiger partial charge in [0.15, 0.2) is 0 Å². The Hall–Kier alpha value is -1.92. The molecule has 0 bridgehead atoms. The molecule has 0 atom stereocenters. The van der Waals surface area contributed by atoms with E-state index in [4.69, 9.17) is 9.84 Å². The smallest absolute Gasteiger partial charge is 0.335 e. The second-order valence-electron chi connectivity index (χ2n) is 5.50. The first kappa shape index (κ1) is 17.4. The Morgan fingerprint density at radius 3 is 2.70 bits per heavy atom. The number of carboxylic acid groups (broad SMARTS) is 1. The van der Waals surface area contributed by atoms with E-state index in [1.165, 1.54) is 0 Å². The third kappa shape index (κ3) is 4.09. The Kier molecular flexibility index (Phi) is 6.12. The zero-order valence-corrected chi connectivity index (χ0v) is 14.1. The molecule has 1 aromatic carbocycles. The van der Waals surface area contributed by atoms with E-state index >= 15 is 0 Å².